The lowest BCUT2D eigenvalue weighted by atomic mass is 10.0. The van der Waals surface area contributed by atoms with Crippen LogP contribution in [0.15, 0.2) is 29.6 Å². The monoisotopic (exact) mass is 308 g/mol. The first-order valence-electron chi connectivity index (χ1n) is 6.55. The number of thioether (sulfide) groups is 2. The molecule has 100 valence electrons. The number of hydrogen-bond acceptors (Lipinski definition) is 4. The van der Waals surface area contributed by atoms with Crippen LogP contribution >= 0.6 is 34.9 Å². The zero-order valence-corrected chi connectivity index (χ0v) is 13.2. The summed E-state index contributed by atoms with van der Waals surface area (Å²) in [5.74, 6) is 2.60. The summed E-state index contributed by atoms with van der Waals surface area (Å²) in [6.45, 7) is 2.19. The van der Waals surface area contributed by atoms with Gasteiger partial charge in [0, 0.05) is 27.0 Å². The van der Waals surface area contributed by atoms with E-state index in [1.54, 1.807) is 11.3 Å². The van der Waals surface area contributed by atoms with Gasteiger partial charge in [0.2, 0.25) is 0 Å². The van der Waals surface area contributed by atoms with Crippen LogP contribution in [0.4, 0.5) is 0 Å². The second-order valence-corrected chi connectivity index (χ2v) is 8.13. The van der Waals surface area contributed by atoms with Crippen LogP contribution in [-0.4, -0.2) is 27.8 Å². The van der Waals surface area contributed by atoms with E-state index in [2.05, 4.69) is 24.4 Å². The standard InChI is InChI=1S/C15H16OS3/c1-2-12-15(19-9-8-17-12)13(16)11-5-3-4-10-6-7-18-14(10)11/h3-7,12,15H,2,8-9H2,1H3. The van der Waals surface area contributed by atoms with E-state index in [9.17, 15) is 4.79 Å². The summed E-state index contributed by atoms with van der Waals surface area (Å²) in [6.07, 6.45) is 1.08. The minimum atomic E-state index is 0.136. The molecule has 4 heteroatoms. The van der Waals surface area contributed by atoms with Gasteiger partial charge in [0.05, 0.1) is 5.25 Å². The molecule has 1 fully saturated rings. The van der Waals surface area contributed by atoms with E-state index in [-0.39, 0.29) is 5.25 Å². The number of fused-ring (bicyclic) bond motifs is 1. The average molecular weight is 308 g/mol. The SMILES string of the molecule is CCC1SCCSC1C(=O)c1cccc2ccsc12. The molecule has 2 aromatic rings. The van der Waals surface area contributed by atoms with Gasteiger partial charge in [-0.2, -0.15) is 11.8 Å². The maximum absolute atomic E-state index is 12.9. The summed E-state index contributed by atoms with van der Waals surface area (Å²) >= 11 is 5.49. The number of carbonyl (C=O) groups is 1. The van der Waals surface area contributed by atoms with Gasteiger partial charge in [0.15, 0.2) is 5.78 Å². The minimum absolute atomic E-state index is 0.136. The lowest BCUT2D eigenvalue weighted by Crippen LogP contribution is -2.32. The van der Waals surface area contributed by atoms with Gasteiger partial charge in [-0.3, -0.25) is 4.79 Å². The molecule has 0 spiro atoms. The topological polar surface area (TPSA) is 17.1 Å². The number of ketones is 1. The van der Waals surface area contributed by atoms with Crippen LogP contribution in [0.5, 0.6) is 0 Å². The number of Topliss-reactive ketones (excluding diaryl/α,β-unsaturated/α-hetero) is 1. The van der Waals surface area contributed by atoms with Gasteiger partial charge < -0.3 is 0 Å². The average Bonchev–Trinajstić information content (AvgIpc) is 2.94. The molecule has 2 atom stereocenters. The van der Waals surface area contributed by atoms with Crippen molar-refractivity contribution in [2.24, 2.45) is 0 Å². The van der Waals surface area contributed by atoms with Crippen LogP contribution in [0.2, 0.25) is 0 Å². The molecule has 0 radical (unpaired) electrons. The maximum atomic E-state index is 12.9. The predicted molar refractivity (Wildman–Crippen MR) is 88.9 cm³/mol. The summed E-state index contributed by atoms with van der Waals surface area (Å²) in [5, 5.41) is 3.87. The summed E-state index contributed by atoms with van der Waals surface area (Å²) in [7, 11) is 0. The minimum Gasteiger partial charge on any atom is -0.293 e. The Morgan fingerprint density at radius 2 is 2.11 bits per heavy atom. The Kier molecular flexibility index (Phi) is 4.20. The fraction of sp³-hybridized carbons (Fsp3) is 0.400. The fourth-order valence-electron chi connectivity index (χ4n) is 2.49. The summed E-state index contributed by atoms with van der Waals surface area (Å²) in [4.78, 5) is 12.9. The number of thiophene rings is 1. The smallest absolute Gasteiger partial charge is 0.178 e. The van der Waals surface area contributed by atoms with E-state index < -0.39 is 0 Å². The molecule has 1 nitrogen and oxygen atoms in total. The molecule has 0 saturated carbocycles. The van der Waals surface area contributed by atoms with Crippen molar-refractivity contribution >= 4 is 50.7 Å². The molecule has 2 heterocycles. The van der Waals surface area contributed by atoms with Crippen LogP contribution in [0, 0.1) is 0 Å². The normalized spacial score (nSPS) is 23.6. The molecule has 0 aliphatic carbocycles. The Morgan fingerprint density at radius 1 is 1.26 bits per heavy atom. The van der Waals surface area contributed by atoms with Crippen molar-refractivity contribution in [2.45, 2.75) is 23.8 Å². The number of benzene rings is 1. The van der Waals surface area contributed by atoms with Crippen molar-refractivity contribution < 1.29 is 4.79 Å². The third-order valence-electron chi connectivity index (χ3n) is 3.46. The third kappa shape index (κ3) is 2.58. The Balaban J connectivity index is 1.96. The van der Waals surface area contributed by atoms with Crippen molar-refractivity contribution in [3.05, 3.63) is 35.2 Å². The molecular weight excluding hydrogens is 292 g/mol. The molecule has 1 saturated heterocycles. The summed E-state index contributed by atoms with van der Waals surface area (Å²) < 4.78 is 1.15. The quantitative estimate of drug-likeness (QED) is 0.764. The lowest BCUT2D eigenvalue weighted by Gasteiger charge is -2.28. The molecule has 0 bridgehead atoms. The molecule has 19 heavy (non-hydrogen) atoms. The first-order chi connectivity index (χ1) is 9.31. The van der Waals surface area contributed by atoms with Crippen molar-refractivity contribution in [1.29, 1.82) is 0 Å². The van der Waals surface area contributed by atoms with Gasteiger partial charge in [-0.05, 0) is 29.3 Å². The number of carbonyl (C=O) groups excluding carboxylic acids is 1. The Labute approximate surface area is 126 Å². The highest BCUT2D eigenvalue weighted by molar-refractivity contribution is 8.07. The maximum Gasteiger partial charge on any atom is 0.178 e. The van der Waals surface area contributed by atoms with Gasteiger partial charge in [0.25, 0.3) is 0 Å². The highest BCUT2D eigenvalue weighted by Gasteiger charge is 2.32. The van der Waals surface area contributed by atoms with Crippen LogP contribution in [0.25, 0.3) is 10.1 Å². The fourth-order valence-corrected chi connectivity index (χ4v) is 6.42. The van der Waals surface area contributed by atoms with Crippen LogP contribution in [0.1, 0.15) is 23.7 Å². The zero-order valence-electron chi connectivity index (χ0n) is 10.8. The number of rotatable bonds is 3. The van der Waals surface area contributed by atoms with E-state index >= 15 is 0 Å². The molecule has 2 unspecified atom stereocenters. The second-order valence-electron chi connectivity index (χ2n) is 4.62. The molecule has 1 aromatic carbocycles. The Hall–Kier alpha value is -0.450. The molecule has 1 aromatic heterocycles. The van der Waals surface area contributed by atoms with Crippen LogP contribution in [-0.2, 0) is 0 Å². The van der Waals surface area contributed by atoms with Gasteiger partial charge in [-0.25, -0.2) is 0 Å². The van der Waals surface area contributed by atoms with Gasteiger partial charge in [-0.1, -0.05) is 19.1 Å². The highest BCUT2D eigenvalue weighted by Crippen LogP contribution is 2.37. The van der Waals surface area contributed by atoms with Gasteiger partial charge >= 0.3 is 0 Å². The van der Waals surface area contributed by atoms with Crippen molar-refractivity contribution in [3.8, 4) is 0 Å². The van der Waals surface area contributed by atoms with E-state index in [4.69, 9.17) is 0 Å². The molecule has 0 amide bonds. The molecule has 0 N–H and O–H groups in total. The molecular formula is C15H16OS3. The molecule has 3 rings (SSSR count). The number of hydrogen-bond donors (Lipinski definition) is 0. The largest absolute Gasteiger partial charge is 0.293 e. The van der Waals surface area contributed by atoms with Crippen LogP contribution < -0.4 is 0 Å². The first kappa shape index (κ1) is 13.5. The van der Waals surface area contributed by atoms with Gasteiger partial charge in [-0.15, -0.1) is 23.1 Å². The predicted octanol–water partition coefficient (Wildman–Crippen LogP) is 4.71. The van der Waals surface area contributed by atoms with Gasteiger partial charge in [0.1, 0.15) is 0 Å². The lowest BCUT2D eigenvalue weighted by molar-refractivity contribution is 0.0989. The highest BCUT2D eigenvalue weighted by atomic mass is 32.2. The third-order valence-corrected chi connectivity index (χ3v) is 7.66. The molecule has 1 aliphatic heterocycles. The van der Waals surface area contributed by atoms with E-state index in [0.717, 1.165) is 22.4 Å². The molecule has 1 aliphatic rings. The Bertz CT molecular complexity index is 590. The van der Waals surface area contributed by atoms with E-state index in [1.807, 2.05) is 35.7 Å². The second kappa shape index (κ2) is 5.90. The van der Waals surface area contributed by atoms with Crippen molar-refractivity contribution in [1.82, 2.24) is 0 Å². The van der Waals surface area contributed by atoms with E-state index in [1.165, 1.54) is 11.1 Å². The summed E-state index contributed by atoms with van der Waals surface area (Å²) in [6, 6.07) is 8.18. The van der Waals surface area contributed by atoms with Crippen molar-refractivity contribution in [3.63, 3.8) is 0 Å². The van der Waals surface area contributed by atoms with Crippen molar-refractivity contribution in [2.75, 3.05) is 11.5 Å². The zero-order chi connectivity index (χ0) is 13.2. The van der Waals surface area contributed by atoms with Crippen LogP contribution in [0.3, 0.4) is 0 Å². The summed E-state index contributed by atoms with van der Waals surface area (Å²) in [5.41, 5.74) is 0.922. The van der Waals surface area contributed by atoms with E-state index in [0.29, 0.717) is 11.0 Å². The Morgan fingerprint density at radius 3 is 2.95 bits per heavy atom. The first-order valence-corrected chi connectivity index (χ1v) is 9.52.